The Morgan fingerprint density at radius 1 is 1.14 bits per heavy atom. The topological polar surface area (TPSA) is 101 Å². The molecule has 1 aromatic heterocycles. The number of pyridine rings is 1. The first-order valence-corrected chi connectivity index (χ1v) is 12.3. The number of nitrogens with two attached hydrogens (primary N) is 1. The summed E-state index contributed by atoms with van der Waals surface area (Å²) in [6.07, 6.45) is 3.90. The molecule has 1 fully saturated rings. The maximum absolute atomic E-state index is 12.6. The van der Waals surface area contributed by atoms with E-state index in [0.717, 1.165) is 54.9 Å². The molecule has 3 N–H and O–H groups in total. The van der Waals surface area contributed by atoms with Gasteiger partial charge in [0.05, 0.1) is 19.8 Å². The number of hydrogen-bond acceptors (Lipinski definition) is 5. The molecule has 8 heteroatoms. The quantitative estimate of drug-likeness (QED) is 0.500. The molecule has 3 aromatic rings. The minimum absolute atomic E-state index is 0.143. The standard InChI is InChI=1S/C28H31N5O3/c1-19-6-7-21(25-5-3-2-4-24(19)25)16-22(26(29)34)14-20-15-23-18-33(28(35)31-27(23)30-17-20)9-8-32-10-12-36-13-11-32/h2-7,14-15,17H,8-13,16,18H2,1H3,(H2,29,34)(H,30,31,35). The van der Waals surface area contributed by atoms with Crippen molar-refractivity contribution in [1.29, 1.82) is 0 Å². The Bertz CT molecular complexity index is 1330. The molecule has 2 aliphatic heterocycles. The van der Waals surface area contributed by atoms with Crippen molar-refractivity contribution in [2.24, 2.45) is 5.73 Å². The number of aromatic nitrogens is 1. The van der Waals surface area contributed by atoms with Gasteiger partial charge in [0.15, 0.2) is 0 Å². The second-order valence-corrected chi connectivity index (χ2v) is 9.38. The van der Waals surface area contributed by atoms with Gasteiger partial charge >= 0.3 is 6.03 Å². The minimum Gasteiger partial charge on any atom is -0.379 e. The summed E-state index contributed by atoms with van der Waals surface area (Å²) in [5, 5.41) is 5.17. The number of carbonyl (C=O) groups is 2. The number of primary amides is 1. The van der Waals surface area contributed by atoms with Crippen LogP contribution in [0.3, 0.4) is 0 Å². The Hall–Kier alpha value is -3.75. The van der Waals surface area contributed by atoms with E-state index in [-0.39, 0.29) is 6.03 Å². The number of anilines is 1. The molecule has 0 spiro atoms. The molecule has 0 aliphatic carbocycles. The number of ether oxygens (including phenoxy) is 1. The van der Waals surface area contributed by atoms with E-state index in [2.05, 4.69) is 46.4 Å². The summed E-state index contributed by atoms with van der Waals surface area (Å²) in [6.45, 7) is 7.20. The van der Waals surface area contributed by atoms with Gasteiger partial charge in [0, 0.05) is 49.9 Å². The molecule has 0 bridgehead atoms. The lowest BCUT2D eigenvalue weighted by molar-refractivity contribution is -0.114. The smallest absolute Gasteiger partial charge is 0.323 e. The van der Waals surface area contributed by atoms with Crippen molar-refractivity contribution in [2.45, 2.75) is 19.9 Å². The van der Waals surface area contributed by atoms with Crippen LogP contribution in [0, 0.1) is 6.92 Å². The molecule has 186 valence electrons. The number of benzene rings is 2. The van der Waals surface area contributed by atoms with Crippen LogP contribution in [0.25, 0.3) is 16.8 Å². The van der Waals surface area contributed by atoms with Gasteiger partial charge in [-0.05, 0) is 46.5 Å². The Balaban J connectivity index is 1.36. The van der Waals surface area contributed by atoms with Crippen molar-refractivity contribution in [3.05, 3.63) is 76.5 Å². The SMILES string of the molecule is Cc1ccc(CC(=Cc2cnc3c(c2)CN(CCN2CCOCC2)C(=O)N3)C(N)=O)c2ccccc12. The Morgan fingerprint density at radius 3 is 2.69 bits per heavy atom. The molecule has 2 aliphatic rings. The maximum Gasteiger partial charge on any atom is 0.323 e. The van der Waals surface area contributed by atoms with E-state index in [1.807, 2.05) is 18.2 Å². The zero-order chi connectivity index (χ0) is 25.1. The van der Waals surface area contributed by atoms with Crippen molar-refractivity contribution in [1.82, 2.24) is 14.8 Å². The average Bonchev–Trinajstić information content (AvgIpc) is 2.89. The molecule has 1 saturated heterocycles. The second kappa shape index (κ2) is 10.5. The molecule has 36 heavy (non-hydrogen) atoms. The Labute approximate surface area is 210 Å². The molecule has 5 rings (SSSR count). The van der Waals surface area contributed by atoms with Gasteiger partial charge in [-0.3, -0.25) is 15.0 Å². The highest BCUT2D eigenvalue weighted by Gasteiger charge is 2.24. The summed E-state index contributed by atoms with van der Waals surface area (Å²) in [6, 6.07) is 14.2. The van der Waals surface area contributed by atoms with Crippen LogP contribution in [0.4, 0.5) is 10.6 Å². The molecule has 0 atom stereocenters. The third-order valence-electron chi connectivity index (χ3n) is 6.92. The Kier molecular flexibility index (Phi) is 6.97. The summed E-state index contributed by atoms with van der Waals surface area (Å²) >= 11 is 0. The van der Waals surface area contributed by atoms with Gasteiger partial charge in [-0.2, -0.15) is 0 Å². The van der Waals surface area contributed by atoms with Gasteiger partial charge in [-0.1, -0.05) is 36.4 Å². The van der Waals surface area contributed by atoms with Crippen LogP contribution in [0.5, 0.6) is 0 Å². The van der Waals surface area contributed by atoms with Crippen LogP contribution in [0.1, 0.15) is 22.3 Å². The van der Waals surface area contributed by atoms with Gasteiger partial charge in [0.1, 0.15) is 5.82 Å². The summed E-state index contributed by atoms with van der Waals surface area (Å²) in [5.74, 6) is 0.0998. The fourth-order valence-electron chi connectivity index (χ4n) is 4.85. The van der Waals surface area contributed by atoms with E-state index in [0.29, 0.717) is 30.9 Å². The highest BCUT2D eigenvalue weighted by molar-refractivity contribution is 5.98. The fraction of sp³-hybridized carbons (Fsp3) is 0.321. The normalized spacial score (nSPS) is 16.6. The van der Waals surface area contributed by atoms with E-state index >= 15 is 0 Å². The molecule has 3 amide bonds. The van der Waals surface area contributed by atoms with E-state index in [4.69, 9.17) is 10.5 Å². The van der Waals surface area contributed by atoms with E-state index in [1.165, 1.54) is 10.9 Å². The van der Waals surface area contributed by atoms with Gasteiger partial charge < -0.3 is 15.4 Å². The van der Waals surface area contributed by atoms with Gasteiger partial charge in [0.2, 0.25) is 5.91 Å². The number of aryl methyl sites for hydroxylation is 1. The highest BCUT2D eigenvalue weighted by Crippen LogP contribution is 2.26. The number of rotatable bonds is 7. The fourth-order valence-corrected chi connectivity index (χ4v) is 4.85. The number of hydrogen-bond donors (Lipinski definition) is 2. The zero-order valence-electron chi connectivity index (χ0n) is 20.5. The zero-order valence-corrected chi connectivity index (χ0v) is 20.5. The monoisotopic (exact) mass is 485 g/mol. The number of nitrogens with zero attached hydrogens (tertiary/aromatic N) is 3. The Morgan fingerprint density at radius 2 is 1.92 bits per heavy atom. The van der Waals surface area contributed by atoms with Gasteiger partial charge in [0.25, 0.3) is 0 Å². The predicted octanol–water partition coefficient (Wildman–Crippen LogP) is 3.33. The molecule has 0 radical (unpaired) electrons. The summed E-state index contributed by atoms with van der Waals surface area (Å²) in [4.78, 5) is 33.5. The van der Waals surface area contributed by atoms with Crippen LogP contribution in [-0.4, -0.2) is 66.1 Å². The lowest BCUT2D eigenvalue weighted by atomic mass is 9.94. The molecule has 0 saturated carbocycles. The second-order valence-electron chi connectivity index (χ2n) is 9.38. The predicted molar refractivity (Wildman–Crippen MR) is 140 cm³/mol. The molecule has 3 heterocycles. The molecule has 0 unspecified atom stereocenters. The van der Waals surface area contributed by atoms with Gasteiger partial charge in [-0.25, -0.2) is 9.78 Å². The minimum atomic E-state index is -0.460. The largest absolute Gasteiger partial charge is 0.379 e. The van der Waals surface area contributed by atoms with E-state index < -0.39 is 5.91 Å². The van der Waals surface area contributed by atoms with E-state index in [9.17, 15) is 9.59 Å². The number of urea groups is 1. The summed E-state index contributed by atoms with van der Waals surface area (Å²) in [7, 11) is 0. The van der Waals surface area contributed by atoms with Crippen LogP contribution in [-0.2, 0) is 22.5 Å². The van der Waals surface area contributed by atoms with Crippen LogP contribution in [0.2, 0.25) is 0 Å². The van der Waals surface area contributed by atoms with Crippen molar-refractivity contribution in [2.75, 3.05) is 44.7 Å². The molecular weight excluding hydrogens is 454 g/mol. The van der Waals surface area contributed by atoms with Crippen molar-refractivity contribution in [3.8, 4) is 0 Å². The van der Waals surface area contributed by atoms with Crippen LogP contribution in [0.15, 0.2) is 54.2 Å². The first kappa shape index (κ1) is 24.0. The van der Waals surface area contributed by atoms with Gasteiger partial charge in [-0.15, -0.1) is 0 Å². The number of carbonyl (C=O) groups excluding carboxylic acids is 2. The summed E-state index contributed by atoms with van der Waals surface area (Å²) < 4.78 is 5.40. The summed E-state index contributed by atoms with van der Waals surface area (Å²) in [5.41, 5.74) is 10.2. The first-order valence-electron chi connectivity index (χ1n) is 12.3. The number of amides is 3. The lowest BCUT2D eigenvalue weighted by Crippen LogP contribution is -2.45. The third kappa shape index (κ3) is 5.24. The maximum atomic E-state index is 12.6. The molecule has 8 nitrogen and oxygen atoms in total. The third-order valence-corrected chi connectivity index (χ3v) is 6.92. The van der Waals surface area contributed by atoms with Crippen molar-refractivity contribution < 1.29 is 14.3 Å². The van der Waals surface area contributed by atoms with Crippen molar-refractivity contribution >= 4 is 34.6 Å². The first-order chi connectivity index (χ1) is 17.5. The number of fused-ring (bicyclic) bond motifs is 2. The van der Waals surface area contributed by atoms with Crippen LogP contribution < -0.4 is 11.1 Å². The molecular formula is C28H31N5O3. The van der Waals surface area contributed by atoms with E-state index in [1.54, 1.807) is 17.2 Å². The lowest BCUT2D eigenvalue weighted by Gasteiger charge is -2.32. The highest BCUT2D eigenvalue weighted by atomic mass is 16.5. The molecule has 2 aromatic carbocycles. The van der Waals surface area contributed by atoms with Crippen LogP contribution >= 0.6 is 0 Å². The average molecular weight is 486 g/mol. The van der Waals surface area contributed by atoms with Crippen molar-refractivity contribution in [3.63, 3.8) is 0 Å². The number of morpholine rings is 1. The number of nitrogens with one attached hydrogen (secondary N) is 1.